The number of hydrogen-bond acceptors (Lipinski definition) is 2. The van der Waals surface area contributed by atoms with E-state index in [1.54, 1.807) is 0 Å². The second-order valence-corrected chi connectivity index (χ2v) is 7.02. The lowest BCUT2D eigenvalue weighted by atomic mass is 9.84. The minimum Gasteiger partial charge on any atom is -0.369 e. The molecule has 0 spiro atoms. The maximum absolute atomic E-state index is 5.97. The fraction of sp³-hybridized carbons (Fsp3) is 0.667. The molecule has 2 aliphatic rings. The summed E-state index contributed by atoms with van der Waals surface area (Å²) in [6.07, 6.45) is 7.09. The smallest absolute Gasteiger partial charge is 0.0407 e. The van der Waals surface area contributed by atoms with Crippen molar-refractivity contribution in [1.82, 2.24) is 4.90 Å². The predicted octanol–water partition coefficient (Wildman–Crippen LogP) is 4.43. The summed E-state index contributed by atoms with van der Waals surface area (Å²) in [6, 6.07) is 9.12. The summed E-state index contributed by atoms with van der Waals surface area (Å²) in [7, 11) is 0. The van der Waals surface area contributed by atoms with Crippen molar-refractivity contribution in [3.05, 3.63) is 29.3 Å². The van der Waals surface area contributed by atoms with Crippen molar-refractivity contribution in [1.29, 1.82) is 0 Å². The van der Waals surface area contributed by atoms with Crippen LogP contribution in [0.5, 0.6) is 0 Å². The monoisotopic (exact) mass is 306 g/mol. The standard InChI is InChI=1S/C18H27ClN2/c1-2-15-3-7-17(8-4-15)20-11-13-21(14-12-20)18-9-5-16(19)6-10-18/h5-6,9-10,15,17H,2-4,7-8,11-14H2,1H3. The summed E-state index contributed by atoms with van der Waals surface area (Å²) < 4.78 is 0. The van der Waals surface area contributed by atoms with Gasteiger partial charge in [0.2, 0.25) is 0 Å². The molecule has 0 atom stereocenters. The van der Waals surface area contributed by atoms with Gasteiger partial charge in [-0.3, -0.25) is 4.90 Å². The summed E-state index contributed by atoms with van der Waals surface area (Å²) in [5.74, 6) is 0.997. The second kappa shape index (κ2) is 7.02. The van der Waals surface area contributed by atoms with Crippen LogP contribution in [0.25, 0.3) is 0 Å². The van der Waals surface area contributed by atoms with Gasteiger partial charge in [0, 0.05) is 42.9 Å². The molecule has 21 heavy (non-hydrogen) atoms. The third-order valence-electron chi connectivity index (χ3n) is 5.42. The van der Waals surface area contributed by atoms with Crippen LogP contribution in [-0.2, 0) is 0 Å². The Hall–Kier alpha value is -0.730. The molecule has 0 radical (unpaired) electrons. The van der Waals surface area contributed by atoms with E-state index < -0.39 is 0 Å². The first-order chi connectivity index (χ1) is 10.3. The summed E-state index contributed by atoms with van der Waals surface area (Å²) >= 11 is 5.97. The van der Waals surface area contributed by atoms with Gasteiger partial charge in [-0.15, -0.1) is 0 Å². The molecule has 3 rings (SSSR count). The summed E-state index contributed by atoms with van der Waals surface area (Å²) in [4.78, 5) is 5.23. The number of benzene rings is 1. The fourth-order valence-electron chi connectivity index (χ4n) is 3.92. The average Bonchev–Trinajstić information content (AvgIpc) is 2.56. The van der Waals surface area contributed by atoms with Gasteiger partial charge in [-0.2, -0.15) is 0 Å². The van der Waals surface area contributed by atoms with Crippen LogP contribution in [0.2, 0.25) is 5.02 Å². The molecular weight excluding hydrogens is 280 g/mol. The lowest BCUT2D eigenvalue weighted by Gasteiger charge is -2.42. The molecule has 2 nitrogen and oxygen atoms in total. The van der Waals surface area contributed by atoms with Crippen LogP contribution in [0.1, 0.15) is 39.0 Å². The van der Waals surface area contributed by atoms with Crippen molar-refractivity contribution in [2.24, 2.45) is 5.92 Å². The highest BCUT2D eigenvalue weighted by Crippen LogP contribution is 2.30. The van der Waals surface area contributed by atoms with E-state index in [0.29, 0.717) is 0 Å². The van der Waals surface area contributed by atoms with Gasteiger partial charge in [0.15, 0.2) is 0 Å². The Balaban J connectivity index is 1.50. The minimum atomic E-state index is 0.824. The molecule has 1 aliphatic carbocycles. The Morgan fingerprint density at radius 3 is 2.14 bits per heavy atom. The van der Waals surface area contributed by atoms with E-state index in [9.17, 15) is 0 Å². The van der Waals surface area contributed by atoms with Gasteiger partial charge in [0.25, 0.3) is 0 Å². The molecule has 1 saturated heterocycles. The lowest BCUT2D eigenvalue weighted by Crippen LogP contribution is -2.51. The highest BCUT2D eigenvalue weighted by Gasteiger charge is 2.27. The maximum atomic E-state index is 5.97. The highest BCUT2D eigenvalue weighted by atomic mass is 35.5. The van der Waals surface area contributed by atoms with Gasteiger partial charge in [0.1, 0.15) is 0 Å². The number of piperazine rings is 1. The Bertz CT molecular complexity index is 429. The Morgan fingerprint density at radius 2 is 1.57 bits per heavy atom. The summed E-state index contributed by atoms with van der Waals surface area (Å²) in [5.41, 5.74) is 1.31. The first-order valence-corrected chi connectivity index (χ1v) is 8.88. The van der Waals surface area contributed by atoms with E-state index in [1.165, 1.54) is 50.9 Å². The van der Waals surface area contributed by atoms with Gasteiger partial charge < -0.3 is 4.90 Å². The van der Waals surface area contributed by atoms with Gasteiger partial charge >= 0.3 is 0 Å². The van der Waals surface area contributed by atoms with Crippen molar-refractivity contribution in [3.8, 4) is 0 Å². The molecule has 1 heterocycles. The van der Waals surface area contributed by atoms with Gasteiger partial charge in [-0.05, 0) is 55.9 Å². The molecule has 1 aromatic rings. The summed E-state index contributed by atoms with van der Waals surface area (Å²) in [6.45, 7) is 7.06. The van der Waals surface area contributed by atoms with Crippen molar-refractivity contribution < 1.29 is 0 Å². The van der Waals surface area contributed by atoms with E-state index in [0.717, 1.165) is 30.1 Å². The molecule has 3 heteroatoms. The molecule has 0 unspecified atom stereocenters. The van der Waals surface area contributed by atoms with Crippen LogP contribution < -0.4 is 4.90 Å². The van der Waals surface area contributed by atoms with Gasteiger partial charge in [-0.25, -0.2) is 0 Å². The molecule has 0 amide bonds. The third kappa shape index (κ3) is 3.73. The number of nitrogens with zero attached hydrogens (tertiary/aromatic N) is 2. The van der Waals surface area contributed by atoms with E-state index >= 15 is 0 Å². The molecule has 0 aromatic heterocycles. The predicted molar refractivity (Wildman–Crippen MR) is 91.3 cm³/mol. The zero-order valence-corrected chi connectivity index (χ0v) is 13.9. The Labute approximate surface area is 134 Å². The number of halogens is 1. The number of anilines is 1. The molecule has 1 aliphatic heterocycles. The number of rotatable bonds is 3. The van der Waals surface area contributed by atoms with Crippen LogP contribution in [0.15, 0.2) is 24.3 Å². The molecule has 116 valence electrons. The molecule has 1 aromatic carbocycles. The summed E-state index contributed by atoms with van der Waals surface area (Å²) in [5, 5.41) is 0.824. The largest absolute Gasteiger partial charge is 0.369 e. The molecule has 2 fully saturated rings. The number of hydrogen-bond donors (Lipinski definition) is 0. The average molecular weight is 307 g/mol. The van der Waals surface area contributed by atoms with Crippen molar-refractivity contribution in [3.63, 3.8) is 0 Å². The molecule has 0 N–H and O–H groups in total. The van der Waals surface area contributed by atoms with E-state index in [4.69, 9.17) is 11.6 Å². The second-order valence-electron chi connectivity index (χ2n) is 6.58. The van der Waals surface area contributed by atoms with E-state index in [1.807, 2.05) is 12.1 Å². The first kappa shape index (κ1) is 15.2. The Kier molecular flexibility index (Phi) is 5.07. The van der Waals surface area contributed by atoms with Crippen LogP contribution in [0, 0.1) is 5.92 Å². The van der Waals surface area contributed by atoms with E-state index in [-0.39, 0.29) is 0 Å². The third-order valence-corrected chi connectivity index (χ3v) is 5.67. The van der Waals surface area contributed by atoms with Crippen LogP contribution >= 0.6 is 11.6 Å². The van der Waals surface area contributed by atoms with Gasteiger partial charge in [-0.1, -0.05) is 24.9 Å². The van der Waals surface area contributed by atoms with Crippen LogP contribution in [-0.4, -0.2) is 37.1 Å². The molecule has 0 bridgehead atoms. The van der Waals surface area contributed by atoms with Crippen molar-refractivity contribution >= 4 is 17.3 Å². The SMILES string of the molecule is CCC1CCC(N2CCN(c3ccc(Cl)cc3)CC2)CC1. The topological polar surface area (TPSA) is 6.48 Å². The zero-order chi connectivity index (χ0) is 14.7. The lowest BCUT2D eigenvalue weighted by molar-refractivity contribution is 0.128. The van der Waals surface area contributed by atoms with Crippen LogP contribution in [0.3, 0.4) is 0 Å². The fourth-order valence-corrected chi connectivity index (χ4v) is 4.04. The first-order valence-electron chi connectivity index (χ1n) is 8.51. The maximum Gasteiger partial charge on any atom is 0.0407 e. The highest BCUT2D eigenvalue weighted by molar-refractivity contribution is 6.30. The van der Waals surface area contributed by atoms with Crippen molar-refractivity contribution in [2.45, 2.75) is 45.1 Å². The van der Waals surface area contributed by atoms with Crippen molar-refractivity contribution in [2.75, 3.05) is 31.1 Å². The minimum absolute atomic E-state index is 0.824. The molecule has 1 saturated carbocycles. The quantitative estimate of drug-likeness (QED) is 0.815. The molecular formula is C18H27ClN2. The normalized spacial score (nSPS) is 27.8. The van der Waals surface area contributed by atoms with Crippen LogP contribution in [0.4, 0.5) is 5.69 Å². The van der Waals surface area contributed by atoms with Gasteiger partial charge in [0.05, 0.1) is 0 Å². The zero-order valence-electron chi connectivity index (χ0n) is 13.1. The van der Waals surface area contributed by atoms with E-state index in [2.05, 4.69) is 28.9 Å². The Morgan fingerprint density at radius 1 is 0.952 bits per heavy atom.